The Balaban J connectivity index is 2.15. The molecular formula is C10H14N4O2. The molecule has 0 spiro atoms. The lowest BCUT2D eigenvalue weighted by molar-refractivity contribution is 0.0697. The molecule has 6 nitrogen and oxygen atoms in total. The topological polar surface area (TPSA) is 101 Å². The third kappa shape index (κ3) is 2.21. The van der Waals surface area contributed by atoms with Crippen LogP contribution in [0, 0.1) is 0 Å². The van der Waals surface area contributed by atoms with Gasteiger partial charge < -0.3 is 16.2 Å². The number of anilines is 2. The summed E-state index contributed by atoms with van der Waals surface area (Å²) in [7, 11) is 0. The van der Waals surface area contributed by atoms with E-state index in [1.165, 1.54) is 18.9 Å². The number of nitrogen functional groups attached to an aromatic ring is 1. The van der Waals surface area contributed by atoms with Crippen LogP contribution < -0.4 is 11.1 Å². The fourth-order valence-corrected chi connectivity index (χ4v) is 1.92. The molecule has 1 saturated carbocycles. The highest BCUT2D eigenvalue weighted by atomic mass is 16.4. The number of carboxylic acid groups (broad SMARTS) is 1. The van der Waals surface area contributed by atoms with Crippen LogP contribution in [0.15, 0.2) is 6.07 Å². The van der Waals surface area contributed by atoms with Crippen molar-refractivity contribution < 1.29 is 9.90 Å². The minimum atomic E-state index is -1.08. The second kappa shape index (κ2) is 4.34. The predicted molar refractivity (Wildman–Crippen MR) is 59.3 cm³/mol. The van der Waals surface area contributed by atoms with Gasteiger partial charge in [-0.2, -0.15) is 0 Å². The second-order valence-electron chi connectivity index (χ2n) is 3.96. The van der Waals surface area contributed by atoms with Crippen LogP contribution in [0.25, 0.3) is 0 Å². The molecule has 0 radical (unpaired) electrons. The van der Waals surface area contributed by atoms with E-state index in [1.807, 2.05) is 0 Å². The first-order valence-corrected chi connectivity index (χ1v) is 5.30. The molecule has 1 aliphatic rings. The molecule has 1 aliphatic carbocycles. The molecule has 86 valence electrons. The summed E-state index contributed by atoms with van der Waals surface area (Å²) in [6.07, 6.45) is 4.58. The highest BCUT2D eigenvalue weighted by molar-refractivity contribution is 5.93. The molecule has 0 atom stereocenters. The van der Waals surface area contributed by atoms with Crippen molar-refractivity contribution in [3.05, 3.63) is 11.6 Å². The molecule has 0 amide bonds. The van der Waals surface area contributed by atoms with Crippen molar-refractivity contribution in [3.63, 3.8) is 0 Å². The quantitative estimate of drug-likeness (QED) is 0.708. The summed E-state index contributed by atoms with van der Waals surface area (Å²) in [5.41, 5.74) is 5.41. The number of rotatable bonds is 3. The van der Waals surface area contributed by atoms with Gasteiger partial charge in [0, 0.05) is 12.1 Å². The molecule has 16 heavy (non-hydrogen) atoms. The van der Waals surface area contributed by atoms with Gasteiger partial charge in [0.05, 0.1) is 0 Å². The smallest absolute Gasteiger partial charge is 0.339 e. The van der Waals surface area contributed by atoms with Crippen LogP contribution in [0.2, 0.25) is 0 Å². The van der Waals surface area contributed by atoms with E-state index in [4.69, 9.17) is 10.8 Å². The highest BCUT2D eigenvalue weighted by Gasteiger charge is 2.17. The molecule has 6 heteroatoms. The highest BCUT2D eigenvalue weighted by Crippen LogP contribution is 2.22. The summed E-state index contributed by atoms with van der Waals surface area (Å²) in [4.78, 5) is 10.8. The Morgan fingerprint density at radius 2 is 2.12 bits per heavy atom. The Morgan fingerprint density at radius 1 is 1.44 bits per heavy atom. The maximum Gasteiger partial charge on any atom is 0.339 e. The van der Waals surface area contributed by atoms with Crippen LogP contribution >= 0.6 is 0 Å². The van der Waals surface area contributed by atoms with E-state index in [0.29, 0.717) is 11.9 Å². The van der Waals surface area contributed by atoms with Crippen molar-refractivity contribution in [2.24, 2.45) is 0 Å². The molecule has 0 bridgehead atoms. The number of nitrogens with one attached hydrogen (secondary N) is 1. The van der Waals surface area contributed by atoms with E-state index in [0.717, 1.165) is 12.8 Å². The molecule has 2 rings (SSSR count). The minimum absolute atomic E-state index is 0.00417. The maximum absolute atomic E-state index is 10.8. The minimum Gasteiger partial charge on any atom is -0.478 e. The first kappa shape index (κ1) is 10.7. The van der Waals surface area contributed by atoms with Gasteiger partial charge in [-0.15, -0.1) is 10.2 Å². The number of nitrogens with zero attached hydrogens (tertiary/aromatic N) is 2. The average Bonchev–Trinajstić information content (AvgIpc) is 2.73. The van der Waals surface area contributed by atoms with Gasteiger partial charge in [-0.3, -0.25) is 0 Å². The Morgan fingerprint density at radius 3 is 2.75 bits per heavy atom. The van der Waals surface area contributed by atoms with Gasteiger partial charge in [-0.1, -0.05) is 12.8 Å². The Hall–Kier alpha value is -1.85. The second-order valence-corrected chi connectivity index (χ2v) is 3.96. The van der Waals surface area contributed by atoms with Gasteiger partial charge in [0.1, 0.15) is 11.4 Å². The average molecular weight is 222 g/mol. The zero-order valence-corrected chi connectivity index (χ0v) is 8.81. The molecule has 0 aromatic carbocycles. The summed E-state index contributed by atoms with van der Waals surface area (Å²) in [5.74, 6) is -0.648. The first-order valence-electron chi connectivity index (χ1n) is 5.30. The molecule has 0 saturated heterocycles. The van der Waals surface area contributed by atoms with Gasteiger partial charge >= 0.3 is 5.97 Å². The van der Waals surface area contributed by atoms with Crippen molar-refractivity contribution >= 4 is 17.6 Å². The lowest BCUT2D eigenvalue weighted by Crippen LogP contribution is -2.17. The van der Waals surface area contributed by atoms with Crippen LogP contribution in [0.5, 0.6) is 0 Å². The third-order valence-electron chi connectivity index (χ3n) is 2.76. The van der Waals surface area contributed by atoms with Crippen molar-refractivity contribution in [1.82, 2.24) is 10.2 Å². The van der Waals surface area contributed by atoms with Crippen LogP contribution in [-0.2, 0) is 0 Å². The van der Waals surface area contributed by atoms with Crippen LogP contribution in [-0.4, -0.2) is 27.3 Å². The number of aromatic nitrogens is 2. The van der Waals surface area contributed by atoms with E-state index >= 15 is 0 Å². The summed E-state index contributed by atoms with van der Waals surface area (Å²) >= 11 is 0. The first-order chi connectivity index (χ1) is 7.66. The molecular weight excluding hydrogens is 208 g/mol. The van der Waals surface area contributed by atoms with E-state index in [2.05, 4.69) is 15.5 Å². The summed E-state index contributed by atoms with van der Waals surface area (Å²) in [6.45, 7) is 0. The molecule has 1 heterocycles. The number of carboxylic acids is 1. The summed E-state index contributed by atoms with van der Waals surface area (Å²) in [6, 6.07) is 1.81. The Bertz CT molecular complexity index is 402. The summed E-state index contributed by atoms with van der Waals surface area (Å²) in [5, 5.41) is 19.5. The zero-order chi connectivity index (χ0) is 11.5. The lowest BCUT2D eigenvalue weighted by Gasteiger charge is -2.12. The van der Waals surface area contributed by atoms with Crippen molar-refractivity contribution in [2.75, 3.05) is 11.1 Å². The molecule has 0 aliphatic heterocycles. The molecule has 1 aromatic heterocycles. The van der Waals surface area contributed by atoms with E-state index in [-0.39, 0.29) is 11.4 Å². The number of hydrogen-bond acceptors (Lipinski definition) is 5. The Labute approximate surface area is 92.9 Å². The molecule has 4 N–H and O–H groups in total. The van der Waals surface area contributed by atoms with Gasteiger partial charge in [0.15, 0.2) is 5.82 Å². The maximum atomic E-state index is 10.8. The van der Waals surface area contributed by atoms with E-state index in [1.54, 1.807) is 0 Å². The molecule has 1 aromatic rings. The van der Waals surface area contributed by atoms with Crippen LogP contribution in [0.1, 0.15) is 36.0 Å². The van der Waals surface area contributed by atoms with E-state index < -0.39 is 5.97 Å². The lowest BCUT2D eigenvalue weighted by atomic mass is 10.2. The molecule has 1 fully saturated rings. The third-order valence-corrected chi connectivity index (χ3v) is 2.76. The van der Waals surface area contributed by atoms with Crippen molar-refractivity contribution in [3.8, 4) is 0 Å². The van der Waals surface area contributed by atoms with Crippen LogP contribution in [0.4, 0.5) is 11.6 Å². The fraction of sp³-hybridized carbons (Fsp3) is 0.500. The standard InChI is InChI=1S/C10H14N4O2/c11-9-7(10(15)16)5-8(13-14-9)12-6-3-1-2-4-6/h5-6H,1-4H2,(H2,11,14)(H,12,13)(H,15,16). The largest absolute Gasteiger partial charge is 0.478 e. The van der Waals surface area contributed by atoms with Gasteiger partial charge in [0.2, 0.25) is 0 Å². The SMILES string of the molecule is Nc1nnc(NC2CCCC2)cc1C(=O)O. The molecule has 0 unspecified atom stereocenters. The number of aromatic carboxylic acids is 1. The van der Waals surface area contributed by atoms with Gasteiger partial charge in [-0.25, -0.2) is 4.79 Å². The number of nitrogens with two attached hydrogens (primary N) is 1. The predicted octanol–water partition coefficient (Wildman–Crippen LogP) is 1.11. The Kier molecular flexibility index (Phi) is 2.89. The van der Waals surface area contributed by atoms with Gasteiger partial charge in [-0.05, 0) is 12.8 Å². The van der Waals surface area contributed by atoms with Crippen LogP contribution in [0.3, 0.4) is 0 Å². The zero-order valence-electron chi connectivity index (χ0n) is 8.81. The van der Waals surface area contributed by atoms with E-state index in [9.17, 15) is 4.79 Å². The van der Waals surface area contributed by atoms with Crippen molar-refractivity contribution in [2.45, 2.75) is 31.7 Å². The van der Waals surface area contributed by atoms with Gasteiger partial charge in [0.25, 0.3) is 0 Å². The van der Waals surface area contributed by atoms with Crippen molar-refractivity contribution in [1.29, 1.82) is 0 Å². The number of hydrogen-bond donors (Lipinski definition) is 3. The monoisotopic (exact) mass is 222 g/mol. The summed E-state index contributed by atoms with van der Waals surface area (Å²) < 4.78 is 0. The normalized spacial score (nSPS) is 16.2. The number of carbonyl (C=O) groups is 1. The fourth-order valence-electron chi connectivity index (χ4n) is 1.92.